The van der Waals surface area contributed by atoms with Gasteiger partial charge in [-0.2, -0.15) is 15.3 Å². The largest absolute Gasteiger partial charge is 0.473 e. The maximum atomic E-state index is 6.12. The molecule has 12 heteroatoms. The van der Waals surface area contributed by atoms with E-state index < -0.39 is 0 Å². The molecule has 0 bridgehead atoms. The van der Waals surface area contributed by atoms with E-state index in [1.807, 2.05) is 81.7 Å². The van der Waals surface area contributed by atoms with Gasteiger partial charge in [0.05, 0.1) is 65.7 Å². The SMILES string of the molecule is Cc1nn(-c2ccc(OCc3ccccc3)nc2)c(C)c1-c1cc(N2CCOC[C@H]2C)nc2c(-c3ccnn3C3CCCCO3)cnn12. The molecule has 2 atom stereocenters. The van der Waals surface area contributed by atoms with Crippen LogP contribution in [0, 0.1) is 13.8 Å². The number of ether oxygens (including phenoxy) is 3. The molecule has 5 aromatic heterocycles. The van der Waals surface area contributed by atoms with E-state index in [0.29, 0.717) is 25.7 Å². The number of anilines is 1. The number of morpholine rings is 1. The van der Waals surface area contributed by atoms with Gasteiger partial charge in [0, 0.05) is 37.0 Å². The van der Waals surface area contributed by atoms with Crippen molar-refractivity contribution >= 4 is 11.5 Å². The molecule has 1 aromatic carbocycles. The third kappa shape index (κ3) is 5.60. The molecule has 12 nitrogen and oxygen atoms in total. The van der Waals surface area contributed by atoms with Gasteiger partial charge in [-0.1, -0.05) is 30.3 Å². The Kier molecular flexibility index (Phi) is 8.11. The molecule has 0 aliphatic carbocycles. The molecule has 48 heavy (non-hydrogen) atoms. The third-order valence-corrected chi connectivity index (χ3v) is 9.24. The molecule has 7 heterocycles. The summed E-state index contributed by atoms with van der Waals surface area (Å²) in [6, 6.07) is 18.3. The minimum Gasteiger partial charge on any atom is -0.473 e. The second-order valence-corrected chi connectivity index (χ2v) is 12.5. The Morgan fingerprint density at radius 1 is 0.958 bits per heavy atom. The van der Waals surface area contributed by atoms with E-state index in [-0.39, 0.29) is 12.3 Å². The van der Waals surface area contributed by atoms with Crippen LogP contribution in [-0.4, -0.2) is 71.6 Å². The molecule has 0 N–H and O–H groups in total. The normalized spacial score (nSPS) is 18.4. The van der Waals surface area contributed by atoms with Crippen molar-refractivity contribution in [3.05, 3.63) is 90.1 Å². The lowest BCUT2D eigenvalue weighted by atomic mass is 10.1. The summed E-state index contributed by atoms with van der Waals surface area (Å²) in [5, 5.41) is 14.6. The number of aromatic nitrogens is 8. The molecular formula is C36H39N9O3. The number of nitrogens with zero attached hydrogens (tertiary/aromatic N) is 9. The molecular weight excluding hydrogens is 606 g/mol. The van der Waals surface area contributed by atoms with Crippen LogP contribution in [0.2, 0.25) is 0 Å². The monoisotopic (exact) mass is 645 g/mol. The fourth-order valence-electron chi connectivity index (χ4n) is 6.78. The summed E-state index contributed by atoms with van der Waals surface area (Å²) in [5.41, 5.74) is 8.29. The molecule has 0 spiro atoms. The Morgan fingerprint density at radius 2 is 1.85 bits per heavy atom. The second-order valence-electron chi connectivity index (χ2n) is 12.5. The van der Waals surface area contributed by atoms with Gasteiger partial charge in [-0.15, -0.1) is 0 Å². The fourth-order valence-corrected chi connectivity index (χ4v) is 6.78. The maximum absolute atomic E-state index is 6.12. The maximum Gasteiger partial charge on any atom is 0.213 e. The van der Waals surface area contributed by atoms with Crippen molar-refractivity contribution in [1.82, 2.24) is 39.1 Å². The van der Waals surface area contributed by atoms with Crippen LogP contribution in [-0.2, 0) is 16.1 Å². The lowest BCUT2D eigenvalue weighted by molar-refractivity contribution is -0.0383. The Bertz CT molecular complexity index is 2030. The highest BCUT2D eigenvalue weighted by Crippen LogP contribution is 2.36. The fraction of sp³-hybridized carbons (Fsp3) is 0.361. The van der Waals surface area contributed by atoms with Crippen molar-refractivity contribution in [2.45, 2.75) is 58.9 Å². The van der Waals surface area contributed by atoms with Gasteiger partial charge >= 0.3 is 0 Å². The van der Waals surface area contributed by atoms with E-state index >= 15 is 0 Å². The number of aryl methyl sites for hydroxylation is 1. The minimum atomic E-state index is -0.105. The van der Waals surface area contributed by atoms with E-state index in [0.717, 1.165) is 89.0 Å². The van der Waals surface area contributed by atoms with E-state index in [1.165, 1.54) is 0 Å². The average molecular weight is 646 g/mol. The van der Waals surface area contributed by atoms with Gasteiger partial charge < -0.3 is 19.1 Å². The predicted octanol–water partition coefficient (Wildman–Crippen LogP) is 5.96. The molecule has 0 radical (unpaired) electrons. The van der Waals surface area contributed by atoms with Crippen molar-refractivity contribution in [3.8, 4) is 34.1 Å². The number of benzene rings is 1. The molecule has 2 saturated heterocycles. The van der Waals surface area contributed by atoms with Crippen molar-refractivity contribution in [2.75, 3.05) is 31.3 Å². The first-order valence-corrected chi connectivity index (χ1v) is 16.6. The van der Waals surface area contributed by atoms with Crippen LogP contribution in [0.25, 0.3) is 33.8 Å². The van der Waals surface area contributed by atoms with Gasteiger partial charge in [0.25, 0.3) is 0 Å². The lowest BCUT2D eigenvalue weighted by Gasteiger charge is -2.34. The van der Waals surface area contributed by atoms with Gasteiger partial charge in [-0.3, -0.25) is 0 Å². The number of fused-ring (bicyclic) bond motifs is 1. The Balaban J connectivity index is 1.19. The summed E-state index contributed by atoms with van der Waals surface area (Å²) >= 11 is 0. The zero-order valence-corrected chi connectivity index (χ0v) is 27.5. The predicted molar refractivity (Wildman–Crippen MR) is 181 cm³/mol. The van der Waals surface area contributed by atoms with Crippen molar-refractivity contribution < 1.29 is 14.2 Å². The van der Waals surface area contributed by atoms with Gasteiger partial charge in [0.2, 0.25) is 5.88 Å². The Hall–Kier alpha value is -5.07. The first kappa shape index (κ1) is 30.3. The van der Waals surface area contributed by atoms with Gasteiger partial charge in [0.15, 0.2) is 11.9 Å². The quantitative estimate of drug-likeness (QED) is 0.198. The number of pyridine rings is 1. The number of hydrogen-bond acceptors (Lipinski definition) is 9. The van der Waals surface area contributed by atoms with E-state index in [2.05, 4.69) is 34.9 Å². The minimum absolute atomic E-state index is 0.105. The average Bonchev–Trinajstić information content (AvgIpc) is 3.85. The molecule has 0 amide bonds. The topological polar surface area (TPSA) is 110 Å². The summed E-state index contributed by atoms with van der Waals surface area (Å²) in [6.07, 6.45) is 8.53. The number of hydrogen-bond donors (Lipinski definition) is 0. The summed E-state index contributed by atoms with van der Waals surface area (Å²) in [6.45, 7) is 9.54. The van der Waals surface area contributed by atoms with Crippen LogP contribution in [0.5, 0.6) is 5.88 Å². The second kappa shape index (κ2) is 12.9. The van der Waals surface area contributed by atoms with Crippen molar-refractivity contribution in [3.63, 3.8) is 0 Å². The molecule has 2 aliphatic heterocycles. The van der Waals surface area contributed by atoms with Crippen LogP contribution in [0.15, 0.2) is 73.2 Å². The molecule has 0 saturated carbocycles. The smallest absolute Gasteiger partial charge is 0.213 e. The lowest BCUT2D eigenvalue weighted by Crippen LogP contribution is -2.44. The zero-order valence-electron chi connectivity index (χ0n) is 27.5. The molecule has 6 aromatic rings. The summed E-state index contributed by atoms with van der Waals surface area (Å²) in [5.74, 6) is 1.44. The Morgan fingerprint density at radius 3 is 2.65 bits per heavy atom. The van der Waals surface area contributed by atoms with E-state index in [4.69, 9.17) is 29.4 Å². The van der Waals surface area contributed by atoms with Crippen LogP contribution in [0.1, 0.15) is 49.4 Å². The highest BCUT2D eigenvalue weighted by atomic mass is 16.5. The zero-order chi connectivity index (χ0) is 32.6. The molecule has 2 fully saturated rings. The molecule has 246 valence electrons. The Labute approximate surface area is 278 Å². The summed E-state index contributed by atoms with van der Waals surface area (Å²) in [4.78, 5) is 12.2. The van der Waals surface area contributed by atoms with Gasteiger partial charge in [-0.25, -0.2) is 23.8 Å². The van der Waals surface area contributed by atoms with Crippen LogP contribution in [0.4, 0.5) is 5.82 Å². The molecule has 1 unspecified atom stereocenters. The summed E-state index contributed by atoms with van der Waals surface area (Å²) in [7, 11) is 0. The standard InChI is InChI=1S/C36H39N9O3/c1-24-22-46-18-16-42(24)32-19-31(45-36(40-32)29(21-39-45)30-14-15-38-44(30)34-11-7-8-17-47-34)35-25(2)41-43(26(35)3)28-12-13-33(37-20-28)48-23-27-9-5-4-6-10-27/h4-6,9-10,12-15,19-21,24,34H,7-8,11,16-18,22-23H2,1-3H3/t24-,34?/m1/s1. The third-order valence-electron chi connectivity index (χ3n) is 9.24. The van der Waals surface area contributed by atoms with Crippen LogP contribution >= 0.6 is 0 Å². The highest BCUT2D eigenvalue weighted by Gasteiger charge is 2.27. The molecule has 2 aliphatic rings. The van der Waals surface area contributed by atoms with Crippen LogP contribution < -0.4 is 9.64 Å². The van der Waals surface area contributed by atoms with E-state index in [1.54, 1.807) is 6.20 Å². The van der Waals surface area contributed by atoms with E-state index in [9.17, 15) is 0 Å². The first-order valence-electron chi connectivity index (χ1n) is 16.6. The van der Waals surface area contributed by atoms with Gasteiger partial charge in [0.1, 0.15) is 12.4 Å². The van der Waals surface area contributed by atoms with Gasteiger partial charge in [-0.05, 0) is 57.7 Å². The summed E-state index contributed by atoms with van der Waals surface area (Å²) < 4.78 is 23.7. The molecule has 8 rings (SSSR count). The van der Waals surface area contributed by atoms with Crippen molar-refractivity contribution in [1.29, 1.82) is 0 Å². The van der Waals surface area contributed by atoms with Crippen molar-refractivity contribution in [2.24, 2.45) is 0 Å². The first-order chi connectivity index (χ1) is 23.5. The van der Waals surface area contributed by atoms with Crippen LogP contribution in [0.3, 0.4) is 0 Å². The highest BCUT2D eigenvalue weighted by molar-refractivity contribution is 5.80. The number of rotatable bonds is 8.